The van der Waals surface area contributed by atoms with Gasteiger partial charge in [-0.2, -0.15) is 0 Å². The Morgan fingerprint density at radius 3 is 2.78 bits per heavy atom. The summed E-state index contributed by atoms with van der Waals surface area (Å²) >= 11 is 0. The van der Waals surface area contributed by atoms with Gasteiger partial charge in [-0.25, -0.2) is 13.1 Å². The van der Waals surface area contributed by atoms with Crippen LogP contribution in [-0.2, 0) is 10.0 Å². The molecule has 1 heterocycles. The lowest BCUT2D eigenvalue weighted by Crippen LogP contribution is -2.45. The summed E-state index contributed by atoms with van der Waals surface area (Å²) in [5, 5.41) is 3.21. The summed E-state index contributed by atoms with van der Waals surface area (Å²) in [5.41, 5.74) is 1.75. The molecule has 0 amide bonds. The molecule has 1 aliphatic heterocycles. The van der Waals surface area contributed by atoms with Crippen molar-refractivity contribution in [1.82, 2.24) is 10.0 Å². The van der Waals surface area contributed by atoms with Gasteiger partial charge in [-0.3, -0.25) is 0 Å². The van der Waals surface area contributed by atoms with Crippen molar-refractivity contribution in [2.45, 2.75) is 37.6 Å². The zero-order valence-electron chi connectivity index (χ0n) is 10.9. The van der Waals surface area contributed by atoms with Crippen molar-refractivity contribution in [3.63, 3.8) is 0 Å². The normalized spacial score (nSPS) is 20.9. The third kappa shape index (κ3) is 3.10. The van der Waals surface area contributed by atoms with Gasteiger partial charge in [-0.15, -0.1) is 0 Å². The van der Waals surface area contributed by atoms with Crippen LogP contribution < -0.4 is 10.0 Å². The van der Waals surface area contributed by atoms with Gasteiger partial charge in [0.05, 0.1) is 4.90 Å². The van der Waals surface area contributed by atoms with Gasteiger partial charge in [0.15, 0.2) is 0 Å². The number of aryl methyl sites for hydroxylation is 2. The Morgan fingerprint density at radius 2 is 2.11 bits per heavy atom. The zero-order valence-corrected chi connectivity index (χ0v) is 11.7. The largest absolute Gasteiger partial charge is 0.315 e. The van der Waals surface area contributed by atoms with Gasteiger partial charge in [0.25, 0.3) is 0 Å². The molecular formula is C13H20N2O2S. The molecular weight excluding hydrogens is 248 g/mol. The highest BCUT2D eigenvalue weighted by Crippen LogP contribution is 2.17. The number of sulfonamides is 1. The van der Waals surface area contributed by atoms with Crippen molar-refractivity contribution >= 4 is 10.0 Å². The van der Waals surface area contributed by atoms with Crippen molar-refractivity contribution in [3.05, 3.63) is 29.3 Å². The molecule has 100 valence electrons. The highest BCUT2D eigenvalue weighted by molar-refractivity contribution is 7.89. The summed E-state index contributed by atoms with van der Waals surface area (Å²) in [7, 11) is -3.40. The van der Waals surface area contributed by atoms with Crippen LogP contribution in [0.5, 0.6) is 0 Å². The molecule has 18 heavy (non-hydrogen) atoms. The van der Waals surface area contributed by atoms with E-state index >= 15 is 0 Å². The number of nitrogens with one attached hydrogen (secondary N) is 2. The molecule has 2 rings (SSSR count). The van der Waals surface area contributed by atoms with Crippen LogP contribution in [0.15, 0.2) is 23.1 Å². The second kappa shape index (κ2) is 5.38. The summed E-state index contributed by atoms with van der Waals surface area (Å²) in [5.74, 6) is 0. The molecule has 1 aliphatic rings. The Labute approximate surface area is 109 Å². The standard InChI is InChI=1S/C13H20N2O2S/c1-10-5-6-11(2)13(8-10)18(16,17)15-12-4-3-7-14-9-12/h5-6,8,12,14-15H,3-4,7,9H2,1-2H3/t12-/m0/s1. The highest BCUT2D eigenvalue weighted by Gasteiger charge is 2.22. The first-order valence-electron chi connectivity index (χ1n) is 6.29. The van der Waals surface area contributed by atoms with E-state index < -0.39 is 10.0 Å². The lowest BCUT2D eigenvalue weighted by atomic mass is 10.1. The van der Waals surface area contributed by atoms with E-state index in [1.165, 1.54) is 0 Å². The second-order valence-electron chi connectivity index (χ2n) is 4.93. The fraction of sp³-hybridized carbons (Fsp3) is 0.538. The van der Waals surface area contributed by atoms with E-state index in [1.807, 2.05) is 26.0 Å². The van der Waals surface area contributed by atoms with Crippen molar-refractivity contribution < 1.29 is 8.42 Å². The van der Waals surface area contributed by atoms with Crippen LogP contribution >= 0.6 is 0 Å². The van der Waals surface area contributed by atoms with Crippen molar-refractivity contribution in [2.75, 3.05) is 13.1 Å². The Balaban J connectivity index is 2.21. The molecule has 1 saturated heterocycles. The summed E-state index contributed by atoms with van der Waals surface area (Å²) < 4.78 is 27.5. The first-order valence-corrected chi connectivity index (χ1v) is 7.78. The average molecular weight is 268 g/mol. The molecule has 1 fully saturated rings. The lowest BCUT2D eigenvalue weighted by Gasteiger charge is -2.24. The Bertz CT molecular complexity index is 520. The summed E-state index contributed by atoms with van der Waals surface area (Å²) in [6.07, 6.45) is 1.91. The fourth-order valence-electron chi connectivity index (χ4n) is 2.23. The first-order chi connectivity index (χ1) is 8.49. The maximum absolute atomic E-state index is 12.3. The van der Waals surface area contributed by atoms with E-state index in [2.05, 4.69) is 10.0 Å². The van der Waals surface area contributed by atoms with Gasteiger partial charge in [0.2, 0.25) is 10.0 Å². The van der Waals surface area contributed by atoms with Crippen LogP contribution in [0.2, 0.25) is 0 Å². The van der Waals surface area contributed by atoms with Gasteiger partial charge in [0, 0.05) is 12.6 Å². The minimum Gasteiger partial charge on any atom is -0.315 e. The molecule has 1 aromatic rings. The molecule has 0 spiro atoms. The molecule has 1 atom stereocenters. The Kier molecular flexibility index (Phi) is 4.04. The summed E-state index contributed by atoms with van der Waals surface area (Å²) in [6.45, 7) is 5.42. The molecule has 0 radical (unpaired) electrons. The Hall–Kier alpha value is -0.910. The Morgan fingerprint density at radius 1 is 1.33 bits per heavy atom. The smallest absolute Gasteiger partial charge is 0.241 e. The molecule has 2 N–H and O–H groups in total. The molecule has 4 nitrogen and oxygen atoms in total. The van der Waals surface area contributed by atoms with Crippen molar-refractivity contribution in [2.24, 2.45) is 0 Å². The summed E-state index contributed by atoms with van der Waals surface area (Å²) in [4.78, 5) is 0.396. The van der Waals surface area contributed by atoms with E-state index in [0.29, 0.717) is 11.4 Å². The quantitative estimate of drug-likeness (QED) is 0.869. The number of rotatable bonds is 3. The van der Waals surface area contributed by atoms with Crippen LogP contribution in [0.4, 0.5) is 0 Å². The minimum absolute atomic E-state index is 0.00339. The highest BCUT2D eigenvalue weighted by atomic mass is 32.2. The van der Waals surface area contributed by atoms with Gasteiger partial charge >= 0.3 is 0 Å². The van der Waals surface area contributed by atoms with E-state index in [9.17, 15) is 8.42 Å². The average Bonchev–Trinajstić information content (AvgIpc) is 2.33. The maximum Gasteiger partial charge on any atom is 0.241 e. The van der Waals surface area contributed by atoms with Crippen molar-refractivity contribution in [3.8, 4) is 0 Å². The zero-order chi connectivity index (χ0) is 13.2. The van der Waals surface area contributed by atoms with Crippen LogP contribution in [0.3, 0.4) is 0 Å². The molecule has 0 aliphatic carbocycles. The van der Waals surface area contributed by atoms with E-state index in [0.717, 1.165) is 30.5 Å². The van der Waals surface area contributed by atoms with Crippen LogP contribution in [0.25, 0.3) is 0 Å². The monoisotopic (exact) mass is 268 g/mol. The maximum atomic E-state index is 12.3. The molecule has 0 bridgehead atoms. The van der Waals surface area contributed by atoms with Gasteiger partial charge in [-0.05, 0) is 50.4 Å². The van der Waals surface area contributed by atoms with Gasteiger partial charge < -0.3 is 5.32 Å². The first kappa shape index (κ1) is 13.5. The predicted molar refractivity (Wildman–Crippen MR) is 72.1 cm³/mol. The van der Waals surface area contributed by atoms with Crippen LogP contribution in [0.1, 0.15) is 24.0 Å². The third-order valence-electron chi connectivity index (χ3n) is 3.25. The van der Waals surface area contributed by atoms with Crippen LogP contribution in [0, 0.1) is 13.8 Å². The molecule has 5 heteroatoms. The van der Waals surface area contributed by atoms with E-state index in [4.69, 9.17) is 0 Å². The predicted octanol–water partition coefficient (Wildman–Crippen LogP) is 1.33. The number of hydrogen-bond acceptors (Lipinski definition) is 3. The fourth-order valence-corrected chi connectivity index (χ4v) is 3.83. The van der Waals surface area contributed by atoms with Crippen molar-refractivity contribution in [1.29, 1.82) is 0 Å². The van der Waals surface area contributed by atoms with Gasteiger partial charge in [0.1, 0.15) is 0 Å². The van der Waals surface area contributed by atoms with E-state index in [1.54, 1.807) is 6.07 Å². The molecule has 1 aromatic carbocycles. The number of benzene rings is 1. The number of hydrogen-bond donors (Lipinski definition) is 2. The topological polar surface area (TPSA) is 58.2 Å². The van der Waals surface area contributed by atoms with Crippen LogP contribution in [-0.4, -0.2) is 27.5 Å². The van der Waals surface area contributed by atoms with E-state index in [-0.39, 0.29) is 6.04 Å². The lowest BCUT2D eigenvalue weighted by molar-refractivity contribution is 0.428. The van der Waals surface area contributed by atoms with Gasteiger partial charge in [-0.1, -0.05) is 12.1 Å². The molecule has 0 unspecified atom stereocenters. The number of piperidine rings is 1. The molecule has 0 saturated carbocycles. The minimum atomic E-state index is -3.40. The third-order valence-corrected chi connectivity index (χ3v) is 4.91. The summed E-state index contributed by atoms with van der Waals surface area (Å²) in [6, 6.07) is 5.51. The SMILES string of the molecule is Cc1ccc(C)c(S(=O)(=O)N[C@H]2CCCNC2)c1. The molecule has 0 aromatic heterocycles. The second-order valence-corrected chi connectivity index (χ2v) is 6.62.